The zero-order valence-corrected chi connectivity index (χ0v) is 10.3. The summed E-state index contributed by atoms with van der Waals surface area (Å²) in [5, 5.41) is 8.63. The maximum atomic E-state index is 13.6. The molecule has 1 saturated heterocycles. The number of aliphatic hydroxyl groups is 1. The van der Waals surface area contributed by atoms with Crippen LogP contribution in [0.3, 0.4) is 0 Å². The Morgan fingerprint density at radius 3 is 2.78 bits per heavy atom. The van der Waals surface area contributed by atoms with Crippen LogP contribution in [0.5, 0.6) is 0 Å². The van der Waals surface area contributed by atoms with Crippen molar-refractivity contribution in [2.75, 3.05) is 19.7 Å². The Morgan fingerprint density at radius 2 is 2.17 bits per heavy atom. The fourth-order valence-electron chi connectivity index (χ4n) is 2.02. The summed E-state index contributed by atoms with van der Waals surface area (Å²) in [6.07, 6.45) is 0.667. The average molecular weight is 276 g/mol. The molecule has 0 spiro atoms. The van der Waals surface area contributed by atoms with Crippen LogP contribution in [0.25, 0.3) is 0 Å². The number of hydrogen-bond acceptors (Lipinski definition) is 2. The van der Waals surface area contributed by atoms with Gasteiger partial charge in [-0.1, -0.05) is 11.6 Å². The minimum atomic E-state index is -0.834. The minimum absolute atomic E-state index is 0.00848. The Labute approximate surface area is 108 Å². The van der Waals surface area contributed by atoms with Gasteiger partial charge in [-0.05, 0) is 18.6 Å². The molecule has 1 amide bonds. The molecule has 1 atom stereocenters. The van der Waals surface area contributed by atoms with E-state index in [9.17, 15) is 13.6 Å². The van der Waals surface area contributed by atoms with Gasteiger partial charge in [-0.25, -0.2) is 8.78 Å². The average Bonchev–Trinajstić information content (AvgIpc) is 2.81. The van der Waals surface area contributed by atoms with E-state index >= 15 is 0 Å². The molecule has 1 aromatic carbocycles. The highest BCUT2D eigenvalue weighted by Crippen LogP contribution is 2.23. The second-order valence-corrected chi connectivity index (χ2v) is 4.74. The predicted molar refractivity (Wildman–Crippen MR) is 62.5 cm³/mol. The molecule has 1 aliphatic heterocycles. The maximum absolute atomic E-state index is 13.6. The third kappa shape index (κ3) is 2.47. The molecule has 1 heterocycles. The first-order chi connectivity index (χ1) is 8.52. The fourth-order valence-corrected chi connectivity index (χ4v) is 2.17. The van der Waals surface area contributed by atoms with E-state index in [1.807, 2.05) is 0 Å². The molecule has 1 aromatic rings. The Hall–Kier alpha value is -1.20. The zero-order valence-electron chi connectivity index (χ0n) is 9.50. The largest absolute Gasteiger partial charge is 0.396 e. The van der Waals surface area contributed by atoms with Gasteiger partial charge in [0.1, 0.15) is 11.6 Å². The lowest BCUT2D eigenvalue weighted by atomic mass is 10.1. The smallest absolute Gasteiger partial charge is 0.256 e. The molecular formula is C12H12ClF2NO2. The van der Waals surface area contributed by atoms with Crippen molar-refractivity contribution in [2.45, 2.75) is 6.42 Å². The second kappa shape index (κ2) is 5.20. The first-order valence-electron chi connectivity index (χ1n) is 5.57. The molecule has 6 heteroatoms. The quantitative estimate of drug-likeness (QED) is 0.840. The molecule has 0 saturated carbocycles. The Morgan fingerprint density at radius 1 is 1.44 bits per heavy atom. The molecule has 98 valence electrons. The lowest BCUT2D eigenvalue weighted by molar-refractivity contribution is 0.0776. The number of aliphatic hydroxyl groups excluding tert-OH is 1. The van der Waals surface area contributed by atoms with E-state index in [0.717, 1.165) is 12.1 Å². The fraction of sp³-hybridized carbons (Fsp3) is 0.417. The Bertz CT molecular complexity index is 481. The lowest BCUT2D eigenvalue weighted by Gasteiger charge is -2.16. The highest BCUT2D eigenvalue weighted by atomic mass is 35.5. The molecule has 0 aromatic heterocycles. The van der Waals surface area contributed by atoms with Crippen molar-refractivity contribution in [2.24, 2.45) is 5.92 Å². The highest BCUT2D eigenvalue weighted by molar-refractivity contribution is 6.30. The summed E-state index contributed by atoms with van der Waals surface area (Å²) in [5.74, 6) is -2.22. The number of carbonyl (C=O) groups excluding carboxylic acids is 1. The Kier molecular flexibility index (Phi) is 3.82. The van der Waals surface area contributed by atoms with E-state index in [-0.39, 0.29) is 23.1 Å². The number of benzene rings is 1. The summed E-state index contributed by atoms with van der Waals surface area (Å²) >= 11 is 5.42. The predicted octanol–water partition coefficient (Wildman–Crippen LogP) is 2.07. The SMILES string of the molecule is O=C(c1cc(F)c(Cl)cc1F)N1CCC(CO)C1. The normalized spacial score (nSPS) is 19.3. The topological polar surface area (TPSA) is 40.5 Å². The van der Waals surface area contributed by atoms with Gasteiger partial charge in [-0.3, -0.25) is 4.79 Å². The van der Waals surface area contributed by atoms with E-state index in [4.69, 9.17) is 16.7 Å². The lowest BCUT2D eigenvalue weighted by Crippen LogP contribution is -2.30. The van der Waals surface area contributed by atoms with Crippen LogP contribution in [-0.2, 0) is 0 Å². The number of rotatable bonds is 2. The highest BCUT2D eigenvalue weighted by Gasteiger charge is 2.28. The first-order valence-corrected chi connectivity index (χ1v) is 5.95. The molecule has 0 bridgehead atoms. The van der Waals surface area contributed by atoms with Crippen LogP contribution in [0.1, 0.15) is 16.8 Å². The van der Waals surface area contributed by atoms with Gasteiger partial charge in [0, 0.05) is 25.6 Å². The number of halogens is 3. The second-order valence-electron chi connectivity index (χ2n) is 4.33. The molecule has 1 aliphatic rings. The monoisotopic (exact) mass is 275 g/mol. The van der Waals surface area contributed by atoms with Gasteiger partial charge in [0.15, 0.2) is 0 Å². The van der Waals surface area contributed by atoms with Crippen LogP contribution >= 0.6 is 11.6 Å². The summed E-state index contributed by atoms with van der Waals surface area (Å²) in [6.45, 7) is 0.786. The van der Waals surface area contributed by atoms with Crippen molar-refractivity contribution in [3.05, 3.63) is 34.4 Å². The van der Waals surface area contributed by atoms with Gasteiger partial charge in [-0.2, -0.15) is 0 Å². The van der Waals surface area contributed by atoms with E-state index in [1.54, 1.807) is 0 Å². The molecule has 1 unspecified atom stereocenters. The van der Waals surface area contributed by atoms with E-state index < -0.39 is 17.5 Å². The van der Waals surface area contributed by atoms with Crippen molar-refractivity contribution in [3.8, 4) is 0 Å². The first kappa shape index (κ1) is 13.2. The van der Waals surface area contributed by atoms with E-state index in [1.165, 1.54) is 4.90 Å². The van der Waals surface area contributed by atoms with Gasteiger partial charge >= 0.3 is 0 Å². The van der Waals surface area contributed by atoms with Gasteiger partial charge in [-0.15, -0.1) is 0 Å². The van der Waals surface area contributed by atoms with Crippen molar-refractivity contribution < 1.29 is 18.7 Å². The van der Waals surface area contributed by atoms with Gasteiger partial charge in [0.05, 0.1) is 10.6 Å². The summed E-state index contributed by atoms with van der Waals surface area (Å²) < 4.78 is 26.8. The molecule has 0 aliphatic carbocycles. The van der Waals surface area contributed by atoms with Crippen molar-refractivity contribution in [1.82, 2.24) is 4.90 Å². The third-order valence-corrected chi connectivity index (χ3v) is 3.36. The zero-order chi connectivity index (χ0) is 13.3. The van der Waals surface area contributed by atoms with Crippen molar-refractivity contribution in [3.63, 3.8) is 0 Å². The molecule has 3 nitrogen and oxygen atoms in total. The molecule has 1 N–H and O–H groups in total. The minimum Gasteiger partial charge on any atom is -0.396 e. The van der Waals surface area contributed by atoms with Gasteiger partial charge in [0.2, 0.25) is 0 Å². The van der Waals surface area contributed by atoms with Crippen LogP contribution < -0.4 is 0 Å². The summed E-state index contributed by atoms with van der Waals surface area (Å²) in [6, 6.07) is 1.61. The summed E-state index contributed by atoms with van der Waals surface area (Å²) in [5.41, 5.74) is -0.324. The van der Waals surface area contributed by atoms with Gasteiger partial charge < -0.3 is 10.0 Å². The maximum Gasteiger partial charge on any atom is 0.256 e. The van der Waals surface area contributed by atoms with Crippen molar-refractivity contribution in [1.29, 1.82) is 0 Å². The van der Waals surface area contributed by atoms with Crippen molar-refractivity contribution >= 4 is 17.5 Å². The molecular weight excluding hydrogens is 264 g/mol. The number of hydrogen-bond donors (Lipinski definition) is 1. The van der Waals surface area contributed by atoms with Crippen LogP contribution in [0.2, 0.25) is 5.02 Å². The third-order valence-electron chi connectivity index (χ3n) is 3.07. The standard InChI is InChI=1S/C12H12ClF2NO2/c13-9-4-10(14)8(3-11(9)15)12(18)16-2-1-7(5-16)6-17/h3-4,7,17H,1-2,5-6H2. The molecule has 18 heavy (non-hydrogen) atoms. The van der Waals surface area contributed by atoms with Crippen LogP contribution in [0.4, 0.5) is 8.78 Å². The number of carbonyl (C=O) groups is 1. The summed E-state index contributed by atoms with van der Waals surface area (Å²) in [4.78, 5) is 13.4. The number of nitrogens with zero attached hydrogens (tertiary/aromatic N) is 1. The molecule has 2 rings (SSSR count). The number of likely N-dealkylation sites (tertiary alicyclic amines) is 1. The van der Waals surface area contributed by atoms with Gasteiger partial charge in [0.25, 0.3) is 5.91 Å². The van der Waals surface area contributed by atoms with Crippen LogP contribution in [0.15, 0.2) is 12.1 Å². The van der Waals surface area contributed by atoms with E-state index in [0.29, 0.717) is 19.5 Å². The summed E-state index contributed by atoms with van der Waals surface area (Å²) in [7, 11) is 0. The molecule has 1 fully saturated rings. The van der Waals surface area contributed by atoms with Crippen LogP contribution in [-0.4, -0.2) is 35.6 Å². The number of amides is 1. The Balaban J connectivity index is 2.22. The van der Waals surface area contributed by atoms with E-state index in [2.05, 4.69) is 0 Å². The molecule has 0 radical (unpaired) electrons. The van der Waals surface area contributed by atoms with Crippen LogP contribution in [0, 0.1) is 17.6 Å².